The molecule has 1 aromatic rings. The second-order valence-electron chi connectivity index (χ2n) is 13.7. The minimum atomic E-state index is -0.733. The van der Waals surface area contributed by atoms with Crippen molar-refractivity contribution < 1.29 is 19.4 Å². The Kier molecular flexibility index (Phi) is 15.3. The molecule has 0 bridgehead atoms. The zero-order chi connectivity index (χ0) is 30.3. The zero-order valence-corrected chi connectivity index (χ0v) is 26.4. The quantitative estimate of drug-likeness (QED) is 0.204. The number of nitrogens with zero attached hydrogens (tertiary/aromatic N) is 1. The first kappa shape index (κ1) is 36.0. The molecular formula is C31H57N5O4. The Labute approximate surface area is 243 Å². The van der Waals surface area contributed by atoms with Crippen LogP contribution in [0.4, 0.5) is 0 Å². The van der Waals surface area contributed by atoms with Crippen LogP contribution in [0.2, 0.25) is 0 Å². The molecule has 3 rings (SSSR count). The number of pyridine rings is 1. The van der Waals surface area contributed by atoms with Crippen molar-refractivity contribution in [2.24, 2.45) is 0 Å². The maximum atomic E-state index is 11.5. The van der Waals surface area contributed by atoms with Gasteiger partial charge in [0.1, 0.15) is 5.75 Å². The van der Waals surface area contributed by atoms with E-state index in [1.54, 1.807) is 24.5 Å². The number of unbranched alkanes of at least 4 members (excludes halogenated alkanes) is 5. The number of carbonyl (C=O) groups excluding carboxylic acids is 1. The number of carboxylic acids is 1. The summed E-state index contributed by atoms with van der Waals surface area (Å²) in [6.07, 6.45) is 9.33. The molecule has 0 radical (unpaired) electrons. The summed E-state index contributed by atoms with van der Waals surface area (Å²) in [4.78, 5) is 25.7. The number of esters is 1. The third-order valence-electron chi connectivity index (χ3n) is 6.52. The van der Waals surface area contributed by atoms with E-state index in [1.165, 1.54) is 0 Å². The molecule has 3 heterocycles. The Morgan fingerprint density at radius 2 is 1.07 bits per heavy atom. The Balaban J connectivity index is 0.000000333. The summed E-state index contributed by atoms with van der Waals surface area (Å²) < 4.78 is 5.14. The van der Waals surface area contributed by atoms with Gasteiger partial charge in [0.05, 0.1) is 0 Å². The van der Waals surface area contributed by atoms with Crippen LogP contribution < -0.4 is 26.0 Å². The fraction of sp³-hybridized carbons (Fsp3) is 0.774. The van der Waals surface area contributed by atoms with Crippen molar-refractivity contribution in [1.82, 2.24) is 26.3 Å². The van der Waals surface area contributed by atoms with Gasteiger partial charge < -0.3 is 31.1 Å². The maximum Gasteiger partial charge on any atom is 0.311 e. The predicted molar refractivity (Wildman–Crippen MR) is 163 cm³/mol. The molecule has 0 amide bonds. The minimum Gasteiger partial charge on any atom is -0.481 e. The topological polar surface area (TPSA) is 125 Å². The van der Waals surface area contributed by atoms with Crippen LogP contribution in [0.25, 0.3) is 0 Å². The molecule has 40 heavy (non-hydrogen) atoms. The second kappa shape index (κ2) is 17.0. The SMILES string of the molecule is CC1(C)CNCC(C)(C)N1.CC1(C)CNCC(C)(C)N1.O=C(O)CCCCCCCCC(=O)Oc1ccncc1. The molecule has 1 aromatic heterocycles. The number of carboxylic acid groups (broad SMARTS) is 1. The van der Waals surface area contributed by atoms with Crippen LogP contribution in [0.1, 0.15) is 107 Å². The van der Waals surface area contributed by atoms with Gasteiger partial charge in [0, 0.05) is 73.6 Å². The highest BCUT2D eigenvalue weighted by atomic mass is 16.5. The van der Waals surface area contributed by atoms with Gasteiger partial charge >= 0.3 is 11.9 Å². The molecule has 2 aliphatic heterocycles. The van der Waals surface area contributed by atoms with E-state index >= 15 is 0 Å². The lowest BCUT2D eigenvalue weighted by molar-refractivity contribution is -0.137. The standard InChI is InChI=1S/C15H21NO4.2C8H18N2/c17-14(18)7-5-3-1-2-4-6-8-15(19)20-13-9-11-16-12-10-13;2*1-7(2)5-9-6-8(3,4)10-7/h9-12H,1-8H2,(H,17,18);2*9-10H,5-6H2,1-4H3. The number of hydrogen-bond acceptors (Lipinski definition) is 8. The first-order valence-electron chi connectivity index (χ1n) is 14.8. The van der Waals surface area contributed by atoms with Gasteiger partial charge in [-0.25, -0.2) is 0 Å². The molecule has 9 nitrogen and oxygen atoms in total. The fourth-order valence-electron chi connectivity index (χ4n) is 5.23. The second-order valence-corrected chi connectivity index (χ2v) is 13.7. The van der Waals surface area contributed by atoms with E-state index in [0.717, 1.165) is 64.7 Å². The molecular weight excluding hydrogens is 506 g/mol. The van der Waals surface area contributed by atoms with Gasteiger partial charge in [-0.1, -0.05) is 25.7 Å². The van der Waals surface area contributed by atoms with Crippen molar-refractivity contribution in [3.8, 4) is 5.75 Å². The van der Waals surface area contributed by atoms with E-state index in [2.05, 4.69) is 81.6 Å². The summed E-state index contributed by atoms with van der Waals surface area (Å²) in [6.45, 7) is 22.0. The highest BCUT2D eigenvalue weighted by Gasteiger charge is 2.32. The van der Waals surface area contributed by atoms with Gasteiger partial charge in [0.25, 0.3) is 0 Å². The summed E-state index contributed by atoms with van der Waals surface area (Å²) in [5, 5.41) is 22.4. The number of ether oxygens (including phenoxy) is 1. The van der Waals surface area contributed by atoms with Gasteiger partial charge in [-0.15, -0.1) is 0 Å². The fourth-order valence-corrected chi connectivity index (χ4v) is 5.23. The van der Waals surface area contributed by atoms with Crippen molar-refractivity contribution in [3.05, 3.63) is 24.5 Å². The lowest BCUT2D eigenvalue weighted by Gasteiger charge is -2.43. The molecule has 0 aliphatic carbocycles. The Morgan fingerprint density at radius 3 is 1.43 bits per heavy atom. The highest BCUT2D eigenvalue weighted by Crippen LogP contribution is 2.15. The summed E-state index contributed by atoms with van der Waals surface area (Å²) >= 11 is 0. The molecule has 0 spiro atoms. The zero-order valence-electron chi connectivity index (χ0n) is 26.4. The van der Waals surface area contributed by atoms with Crippen LogP contribution in [0.5, 0.6) is 5.75 Å². The molecule has 2 aliphatic rings. The third kappa shape index (κ3) is 18.3. The Hall–Kier alpha value is -2.07. The van der Waals surface area contributed by atoms with Crippen molar-refractivity contribution in [2.45, 2.75) is 129 Å². The van der Waals surface area contributed by atoms with Crippen LogP contribution in [-0.4, -0.2) is 70.4 Å². The van der Waals surface area contributed by atoms with Gasteiger partial charge in [-0.05, 0) is 80.4 Å². The van der Waals surface area contributed by atoms with Crippen LogP contribution in [0, 0.1) is 0 Å². The predicted octanol–water partition coefficient (Wildman–Crippen LogP) is 4.67. The smallest absolute Gasteiger partial charge is 0.311 e. The van der Waals surface area contributed by atoms with Gasteiger partial charge in [0.15, 0.2) is 0 Å². The Morgan fingerprint density at radius 1 is 0.700 bits per heavy atom. The van der Waals surface area contributed by atoms with Crippen LogP contribution in [-0.2, 0) is 9.59 Å². The normalized spacial score (nSPS) is 20.1. The van der Waals surface area contributed by atoms with E-state index in [1.807, 2.05) is 0 Å². The number of hydrogen-bond donors (Lipinski definition) is 5. The van der Waals surface area contributed by atoms with Gasteiger partial charge in [-0.2, -0.15) is 0 Å². The monoisotopic (exact) mass is 563 g/mol. The molecule has 2 fully saturated rings. The first-order chi connectivity index (χ1) is 18.5. The number of nitrogens with one attached hydrogen (secondary N) is 4. The molecule has 0 aromatic carbocycles. The van der Waals surface area contributed by atoms with E-state index < -0.39 is 5.97 Å². The summed E-state index contributed by atoms with van der Waals surface area (Å²) in [5.74, 6) is -0.426. The summed E-state index contributed by atoms with van der Waals surface area (Å²) in [5.41, 5.74) is 1.01. The van der Waals surface area contributed by atoms with E-state index in [0.29, 0.717) is 12.2 Å². The van der Waals surface area contributed by atoms with Crippen molar-refractivity contribution in [3.63, 3.8) is 0 Å². The molecule has 0 atom stereocenters. The summed E-state index contributed by atoms with van der Waals surface area (Å²) in [6, 6.07) is 3.31. The highest BCUT2D eigenvalue weighted by molar-refractivity contribution is 5.72. The number of rotatable bonds is 10. The Bertz CT molecular complexity index is 812. The molecule has 230 valence electrons. The van der Waals surface area contributed by atoms with Crippen molar-refractivity contribution in [1.29, 1.82) is 0 Å². The largest absolute Gasteiger partial charge is 0.481 e. The van der Waals surface area contributed by atoms with Gasteiger partial charge in [-0.3, -0.25) is 14.6 Å². The lowest BCUT2D eigenvalue weighted by Crippen LogP contribution is -2.65. The number of aliphatic carboxylic acids is 1. The number of piperazine rings is 2. The van der Waals surface area contributed by atoms with Crippen LogP contribution in [0.15, 0.2) is 24.5 Å². The first-order valence-corrected chi connectivity index (χ1v) is 14.8. The third-order valence-corrected chi connectivity index (χ3v) is 6.52. The average Bonchev–Trinajstić information content (AvgIpc) is 2.79. The molecule has 2 saturated heterocycles. The van der Waals surface area contributed by atoms with Crippen LogP contribution >= 0.6 is 0 Å². The molecule has 0 unspecified atom stereocenters. The van der Waals surface area contributed by atoms with E-state index in [4.69, 9.17) is 9.84 Å². The number of aromatic nitrogens is 1. The van der Waals surface area contributed by atoms with E-state index in [9.17, 15) is 9.59 Å². The van der Waals surface area contributed by atoms with Crippen molar-refractivity contribution in [2.75, 3.05) is 26.2 Å². The van der Waals surface area contributed by atoms with E-state index in [-0.39, 0.29) is 34.5 Å². The molecule has 0 saturated carbocycles. The van der Waals surface area contributed by atoms with Crippen molar-refractivity contribution >= 4 is 11.9 Å². The summed E-state index contributed by atoms with van der Waals surface area (Å²) in [7, 11) is 0. The lowest BCUT2D eigenvalue weighted by atomic mass is 9.93. The number of carbonyl (C=O) groups is 2. The van der Waals surface area contributed by atoms with Gasteiger partial charge in [0.2, 0.25) is 0 Å². The molecule has 9 heteroatoms. The van der Waals surface area contributed by atoms with Crippen LogP contribution in [0.3, 0.4) is 0 Å². The average molecular weight is 564 g/mol. The minimum absolute atomic E-state index is 0.220. The maximum absolute atomic E-state index is 11.5. The molecule has 5 N–H and O–H groups in total.